The average molecular weight is 543 g/mol. The number of aryl methyl sites for hydroxylation is 1. The molecule has 7 nitrogen and oxygen atoms in total. The Bertz CT molecular complexity index is 711. The SMILES string of the molecule is CCNC(=NCC(c1ccc(C)cc1)N(C)C)N1CCN(C(=O)C2CCCO2)CC1.I. The fourth-order valence-corrected chi connectivity index (χ4v) is 4.07. The number of nitrogens with one attached hydrogen (secondary N) is 1. The number of halogens is 1. The lowest BCUT2D eigenvalue weighted by Crippen LogP contribution is -2.55. The van der Waals surface area contributed by atoms with Crippen LogP contribution in [0.5, 0.6) is 0 Å². The van der Waals surface area contributed by atoms with Crippen LogP contribution in [0.4, 0.5) is 0 Å². The lowest BCUT2D eigenvalue weighted by molar-refractivity contribution is -0.142. The monoisotopic (exact) mass is 543 g/mol. The molecule has 2 aliphatic rings. The molecule has 0 bridgehead atoms. The van der Waals surface area contributed by atoms with Crippen molar-refractivity contribution in [1.29, 1.82) is 0 Å². The van der Waals surface area contributed by atoms with E-state index in [4.69, 9.17) is 9.73 Å². The molecular weight excluding hydrogens is 505 g/mol. The second-order valence-corrected chi connectivity index (χ2v) is 8.40. The number of rotatable bonds is 6. The molecule has 2 unspecified atom stereocenters. The summed E-state index contributed by atoms with van der Waals surface area (Å²) in [5.41, 5.74) is 2.54. The van der Waals surface area contributed by atoms with E-state index in [0.29, 0.717) is 13.2 Å². The van der Waals surface area contributed by atoms with Gasteiger partial charge in [0.15, 0.2) is 5.96 Å². The van der Waals surface area contributed by atoms with Crippen molar-refractivity contribution in [2.24, 2.45) is 4.99 Å². The fourth-order valence-electron chi connectivity index (χ4n) is 4.07. The average Bonchev–Trinajstić information content (AvgIpc) is 3.29. The molecule has 2 fully saturated rings. The highest BCUT2D eigenvalue weighted by Crippen LogP contribution is 2.20. The van der Waals surface area contributed by atoms with E-state index in [9.17, 15) is 4.79 Å². The number of likely N-dealkylation sites (N-methyl/N-ethyl adjacent to an activating group) is 1. The zero-order valence-electron chi connectivity index (χ0n) is 19.3. The van der Waals surface area contributed by atoms with E-state index < -0.39 is 0 Å². The first kappa shape index (κ1) is 25.9. The topological polar surface area (TPSA) is 60.4 Å². The van der Waals surface area contributed by atoms with E-state index in [1.807, 2.05) is 4.90 Å². The summed E-state index contributed by atoms with van der Waals surface area (Å²) in [5.74, 6) is 1.09. The maximum Gasteiger partial charge on any atom is 0.251 e. The number of nitrogens with zero attached hydrogens (tertiary/aromatic N) is 4. The standard InChI is InChI=1S/C23H37N5O2.HI/c1-5-24-23(25-17-20(26(3)4)19-10-8-18(2)9-11-19)28-14-12-27(13-15-28)22(29)21-7-6-16-30-21;/h8-11,20-21H,5-7,12-17H2,1-4H3,(H,24,25);1H. The van der Waals surface area contributed by atoms with Crippen molar-refractivity contribution in [3.05, 3.63) is 35.4 Å². The summed E-state index contributed by atoms with van der Waals surface area (Å²) in [6.45, 7) is 9.45. The van der Waals surface area contributed by atoms with Crippen molar-refractivity contribution in [1.82, 2.24) is 20.0 Å². The van der Waals surface area contributed by atoms with Crippen molar-refractivity contribution >= 4 is 35.8 Å². The Labute approximate surface area is 204 Å². The van der Waals surface area contributed by atoms with Crippen LogP contribution in [-0.2, 0) is 9.53 Å². The Morgan fingerprint density at radius 3 is 2.39 bits per heavy atom. The third kappa shape index (κ3) is 7.05. The molecule has 1 aromatic carbocycles. The number of ether oxygens (including phenoxy) is 1. The fraction of sp³-hybridized carbons (Fsp3) is 0.652. The van der Waals surface area contributed by atoms with Crippen molar-refractivity contribution < 1.29 is 9.53 Å². The molecule has 174 valence electrons. The van der Waals surface area contributed by atoms with E-state index >= 15 is 0 Å². The number of aliphatic imine (C=N–C) groups is 1. The van der Waals surface area contributed by atoms with Crippen LogP contribution in [-0.4, -0.2) is 92.6 Å². The second kappa shape index (κ2) is 12.6. The lowest BCUT2D eigenvalue weighted by atomic mass is 10.0. The van der Waals surface area contributed by atoms with Crippen LogP contribution in [0.3, 0.4) is 0 Å². The van der Waals surface area contributed by atoms with E-state index in [-0.39, 0.29) is 42.0 Å². The van der Waals surface area contributed by atoms with Gasteiger partial charge in [-0.1, -0.05) is 29.8 Å². The number of hydrogen-bond acceptors (Lipinski definition) is 4. The third-order valence-corrected chi connectivity index (χ3v) is 5.93. The molecule has 2 heterocycles. The molecule has 0 aromatic heterocycles. The number of amides is 1. The summed E-state index contributed by atoms with van der Waals surface area (Å²) < 4.78 is 5.57. The minimum absolute atomic E-state index is 0. The van der Waals surface area contributed by atoms with Gasteiger partial charge in [-0.3, -0.25) is 9.79 Å². The number of carbonyl (C=O) groups excluding carboxylic acids is 1. The molecular formula is C23H38IN5O2. The first-order valence-electron chi connectivity index (χ1n) is 11.2. The smallest absolute Gasteiger partial charge is 0.251 e. The maximum atomic E-state index is 12.6. The Hall–Kier alpha value is -1.39. The van der Waals surface area contributed by atoms with Crippen LogP contribution in [0.2, 0.25) is 0 Å². The van der Waals surface area contributed by atoms with Crippen LogP contribution in [0.15, 0.2) is 29.3 Å². The molecule has 0 spiro atoms. The molecule has 3 rings (SSSR count). The van der Waals surface area contributed by atoms with E-state index in [2.05, 4.69) is 67.3 Å². The van der Waals surface area contributed by atoms with Gasteiger partial charge in [0, 0.05) is 39.3 Å². The largest absolute Gasteiger partial charge is 0.368 e. The molecule has 8 heteroatoms. The molecule has 2 saturated heterocycles. The summed E-state index contributed by atoms with van der Waals surface area (Å²) in [7, 11) is 4.20. The van der Waals surface area contributed by atoms with Crippen LogP contribution in [0, 0.1) is 6.92 Å². The molecule has 31 heavy (non-hydrogen) atoms. The van der Waals surface area contributed by atoms with Crippen molar-refractivity contribution in [2.45, 2.75) is 38.8 Å². The highest BCUT2D eigenvalue weighted by molar-refractivity contribution is 14.0. The van der Waals surface area contributed by atoms with Crippen molar-refractivity contribution in [2.75, 3.05) is 60.0 Å². The van der Waals surface area contributed by atoms with E-state index in [1.165, 1.54) is 11.1 Å². The van der Waals surface area contributed by atoms with Crippen LogP contribution < -0.4 is 5.32 Å². The lowest BCUT2D eigenvalue weighted by Gasteiger charge is -2.37. The zero-order valence-corrected chi connectivity index (χ0v) is 21.7. The summed E-state index contributed by atoms with van der Waals surface area (Å²) in [6, 6.07) is 8.92. The molecule has 2 aliphatic heterocycles. The third-order valence-electron chi connectivity index (χ3n) is 5.93. The van der Waals surface area contributed by atoms with Gasteiger partial charge in [0.1, 0.15) is 6.10 Å². The molecule has 1 aromatic rings. The van der Waals surface area contributed by atoms with Gasteiger partial charge in [-0.15, -0.1) is 24.0 Å². The highest BCUT2D eigenvalue weighted by atomic mass is 127. The first-order valence-corrected chi connectivity index (χ1v) is 11.2. The predicted octanol–water partition coefficient (Wildman–Crippen LogP) is 2.50. The number of piperazine rings is 1. The van der Waals surface area contributed by atoms with Gasteiger partial charge in [-0.05, 0) is 46.3 Å². The normalized spacial score (nSPS) is 20.5. The van der Waals surface area contributed by atoms with Gasteiger partial charge in [0.05, 0.1) is 12.6 Å². The minimum atomic E-state index is -0.228. The zero-order chi connectivity index (χ0) is 21.5. The quantitative estimate of drug-likeness (QED) is 0.340. The Kier molecular flexibility index (Phi) is 10.5. The minimum Gasteiger partial charge on any atom is -0.368 e. The number of benzene rings is 1. The molecule has 0 saturated carbocycles. The second-order valence-electron chi connectivity index (χ2n) is 8.40. The number of guanidine groups is 1. The number of carbonyl (C=O) groups is 1. The summed E-state index contributed by atoms with van der Waals surface area (Å²) in [6.07, 6.45) is 1.62. The Morgan fingerprint density at radius 1 is 1.19 bits per heavy atom. The van der Waals surface area contributed by atoms with E-state index in [1.54, 1.807) is 0 Å². The van der Waals surface area contributed by atoms with Crippen LogP contribution >= 0.6 is 24.0 Å². The summed E-state index contributed by atoms with van der Waals surface area (Å²) >= 11 is 0. The van der Waals surface area contributed by atoms with Crippen molar-refractivity contribution in [3.8, 4) is 0 Å². The maximum absolute atomic E-state index is 12.6. The van der Waals surface area contributed by atoms with Gasteiger partial charge in [-0.2, -0.15) is 0 Å². The summed E-state index contributed by atoms with van der Waals surface area (Å²) in [4.78, 5) is 24.0. The van der Waals surface area contributed by atoms with Gasteiger partial charge < -0.3 is 24.8 Å². The van der Waals surface area contributed by atoms with Gasteiger partial charge in [0.25, 0.3) is 5.91 Å². The van der Waals surface area contributed by atoms with E-state index in [0.717, 1.165) is 51.5 Å². The first-order chi connectivity index (χ1) is 14.5. The molecule has 1 N–H and O–H groups in total. The summed E-state index contributed by atoms with van der Waals surface area (Å²) in [5, 5.41) is 3.44. The van der Waals surface area contributed by atoms with Crippen molar-refractivity contribution in [3.63, 3.8) is 0 Å². The predicted molar refractivity (Wildman–Crippen MR) is 136 cm³/mol. The van der Waals surface area contributed by atoms with Crippen LogP contribution in [0.25, 0.3) is 0 Å². The Balaban J connectivity index is 0.00000341. The highest BCUT2D eigenvalue weighted by Gasteiger charge is 2.31. The molecule has 0 radical (unpaired) electrons. The van der Waals surface area contributed by atoms with Crippen LogP contribution in [0.1, 0.15) is 36.9 Å². The van der Waals surface area contributed by atoms with Gasteiger partial charge in [-0.25, -0.2) is 0 Å². The molecule has 2 atom stereocenters. The molecule has 1 amide bonds. The Morgan fingerprint density at radius 2 is 1.84 bits per heavy atom. The van der Waals surface area contributed by atoms with Gasteiger partial charge in [0.2, 0.25) is 0 Å². The number of hydrogen-bond donors (Lipinski definition) is 1. The van der Waals surface area contributed by atoms with Gasteiger partial charge >= 0.3 is 0 Å². The molecule has 0 aliphatic carbocycles.